The molecule has 168 valence electrons. The maximum Gasteiger partial charge on any atom is 0.228 e. The Labute approximate surface area is 190 Å². The summed E-state index contributed by atoms with van der Waals surface area (Å²) in [5.74, 6) is -0.869. The Balaban J connectivity index is 1.62. The van der Waals surface area contributed by atoms with Crippen LogP contribution in [0.3, 0.4) is 0 Å². The van der Waals surface area contributed by atoms with Crippen LogP contribution in [0.2, 0.25) is 0 Å². The Bertz CT molecular complexity index is 1360. The maximum atomic E-state index is 14.8. The fraction of sp³-hybridized carbons (Fsp3) is 0.280. The molecule has 33 heavy (non-hydrogen) atoms. The average molecular weight is 447 g/mol. The Morgan fingerprint density at radius 2 is 1.85 bits per heavy atom. The zero-order valence-electron chi connectivity index (χ0n) is 18.6. The standard InChI is InChI=1S/C25H23F2N5O/c1-14-10-20-23(19-5-4-18(26)12-21(19)27)30-25(31-24(20)29-16(14)3)32-8-9-33-22(13-32)17-6-7-28-15(2)11-17/h4-7,10-12,22H,8-9,13H2,1-3H3. The number of pyridine rings is 2. The van der Waals surface area contributed by atoms with E-state index in [-0.39, 0.29) is 11.7 Å². The monoisotopic (exact) mass is 447 g/mol. The molecule has 0 spiro atoms. The summed E-state index contributed by atoms with van der Waals surface area (Å²) in [4.78, 5) is 20.4. The molecular weight excluding hydrogens is 424 g/mol. The zero-order chi connectivity index (χ0) is 23.1. The molecule has 0 bridgehead atoms. The first kappa shape index (κ1) is 21.3. The molecular formula is C25H23F2N5O. The number of aromatic nitrogens is 4. The zero-order valence-corrected chi connectivity index (χ0v) is 18.6. The van der Waals surface area contributed by atoms with Gasteiger partial charge in [-0.05, 0) is 62.2 Å². The number of halogens is 2. The first-order valence-corrected chi connectivity index (χ1v) is 10.8. The third-order valence-electron chi connectivity index (χ3n) is 5.95. The molecule has 8 heteroatoms. The Morgan fingerprint density at radius 3 is 2.64 bits per heavy atom. The van der Waals surface area contributed by atoms with Gasteiger partial charge in [0.2, 0.25) is 5.95 Å². The Hall–Kier alpha value is -3.52. The largest absolute Gasteiger partial charge is 0.370 e. The van der Waals surface area contributed by atoms with Gasteiger partial charge in [-0.15, -0.1) is 0 Å². The normalized spacial score (nSPS) is 16.4. The number of anilines is 1. The maximum absolute atomic E-state index is 14.8. The van der Waals surface area contributed by atoms with Gasteiger partial charge < -0.3 is 9.64 Å². The van der Waals surface area contributed by atoms with Crippen LogP contribution in [0.1, 0.15) is 28.6 Å². The number of rotatable bonds is 3. The second-order valence-electron chi connectivity index (χ2n) is 8.29. The van der Waals surface area contributed by atoms with Crippen LogP contribution >= 0.6 is 0 Å². The molecule has 1 atom stereocenters. The predicted molar refractivity (Wildman–Crippen MR) is 122 cm³/mol. The molecule has 0 amide bonds. The molecule has 1 aromatic carbocycles. The second-order valence-corrected chi connectivity index (χ2v) is 8.29. The first-order chi connectivity index (χ1) is 15.9. The Morgan fingerprint density at radius 1 is 1.00 bits per heavy atom. The molecule has 6 nitrogen and oxygen atoms in total. The van der Waals surface area contributed by atoms with Crippen LogP contribution in [0.5, 0.6) is 0 Å². The van der Waals surface area contributed by atoms with E-state index in [1.54, 1.807) is 6.20 Å². The number of hydrogen-bond donors (Lipinski definition) is 0. The van der Waals surface area contributed by atoms with Gasteiger partial charge in [0, 0.05) is 41.1 Å². The van der Waals surface area contributed by atoms with E-state index in [1.165, 1.54) is 12.1 Å². The number of benzene rings is 1. The van der Waals surface area contributed by atoms with Crippen molar-refractivity contribution >= 4 is 17.0 Å². The van der Waals surface area contributed by atoms with E-state index in [0.717, 1.165) is 28.6 Å². The summed E-state index contributed by atoms with van der Waals surface area (Å²) < 4.78 is 34.4. The molecule has 1 unspecified atom stereocenters. The van der Waals surface area contributed by atoms with E-state index < -0.39 is 11.6 Å². The number of morpholine rings is 1. The molecule has 3 aromatic heterocycles. The van der Waals surface area contributed by atoms with Crippen LogP contribution in [0.25, 0.3) is 22.3 Å². The highest BCUT2D eigenvalue weighted by molar-refractivity contribution is 5.92. The van der Waals surface area contributed by atoms with Gasteiger partial charge in [-0.25, -0.2) is 18.7 Å². The van der Waals surface area contributed by atoms with Crippen LogP contribution < -0.4 is 4.90 Å². The predicted octanol–water partition coefficient (Wildman–Crippen LogP) is 4.87. The van der Waals surface area contributed by atoms with Gasteiger partial charge in [-0.1, -0.05) is 0 Å². The van der Waals surface area contributed by atoms with Crippen molar-refractivity contribution in [3.63, 3.8) is 0 Å². The highest BCUT2D eigenvalue weighted by Crippen LogP contribution is 2.32. The minimum absolute atomic E-state index is 0.168. The van der Waals surface area contributed by atoms with Crippen LogP contribution in [0, 0.1) is 32.4 Å². The lowest BCUT2D eigenvalue weighted by Gasteiger charge is -2.33. The molecule has 0 N–H and O–H groups in total. The minimum Gasteiger partial charge on any atom is -0.370 e. The summed E-state index contributed by atoms with van der Waals surface area (Å²) in [6, 6.07) is 9.36. The third kappa shape index (κ3) is 4.14. The molecule has 1 aliphatic rings. The van der Waals surface area contributed by atoms with Crippen molar-refractivity contribution in [3.8, 4) is 11.3 Å². The number of fused-ring (bicyclic) bond motifs is 1. The summed E-state index contributed by atoms with van der Waals surface area (Å²) in [6.07, 6.45) is 1.60. The first-order valence-electron chi connectivity index (χ1n) is 10.8. The minimum atomic E-state index is -0.675. The summed E-state index contributed by atoms with van der Waals surface area (Å²) >= 11 is 0. The van der Waals surface area contributed by atoms with E-state index in [4.69, 9.17) is 14.7 Å². The van der Waals surface area contributed by atoms with E-state index in [0.29, 0.717) is 42.4 Å². The van der Waals surface area contributed by atoms with Crippen LogP contribution in [-0.2, 0) is 4.74 Å². The van der Waals surface area contributed by atoms with Crippen molar-refractivity contribution in [3.05, 3.63) is 76.7 Å². The van der Waals surface area contributed by atoms with Crippen LogP contribution in [-0.4, -0.2) is 39.6 Å². The smallest absolute Gasteiger partial charge is 0.228 e. The van der Waals surface area contributed by atoms with Gasteiger partial charge in [0.1, 0.15) is 17.7 Å². The van der Waals surface area contributed by atoms with Crippen molar-refractivity contribution in [2.24, 2.45) is 0 Å². The number of ether oxygens (including phenoxy) is 1. The quantitative estimate of drug-likeness (QED) is 0.447. The van der Waals surface area contributed by atoms with Gasteiger partial charge in [0.25, 0.3) is 0 Å². The molecule has 1 saturated heterocycles. The molecule has 4 heterocycles. The van der Waals surface area contributed by atoms with Gasteiger partial charge >= 0.3 is 0 Å². The molecule has 0 aliphatic carbocycles. The van der Waals surface area contributed by atoms with Crippen molar-refractivity contribution in [2.75, 3.05) is 24.6 Å². The van der Waals surface area contributed by atoms with Crippen molar-refractivity contribution in [2.45, 2.75) is 26.9 Å². The summed E-state index contributed by atoms with van der Waals surface area (Å²) in [7, 11) is 0. The van der Waals surface area contributed by atoms with E-state index in [9.17, 15) is 8.78 Å². The molecule has 1 aliphatic heterocycles. The summed E-state index contributed by atoms with van der Waals surface area (Å²) in [5, 5.41) is 0.627. The van der Waals surface area contributed by atoms with Crippen molar-refractivity contribution in [1.29, 1.82) is 0 Å². The molecule has 0 saturated carbocycles. The summed E-state index contributed by atoms with van der Waals surface area (Å²) in [6.45, 7) is 7.40. The average Bonchev–Trinajstić information content (AvgIpc) is 2.80. The fourth-order valence-electron chi connectivity index (χ4n) is 4.06. The van der Waals surface area contributed by atoms with E-state index in [2.05, 4.69) is 9.97 Å². The van der Waals surface area contributed by atoms with Gasteiger partial charge in [-0.2, -0.15) is 4.98 Å². The van der Waals surface area contributed by atoms with Gasteiger partial charge in [0.15, 0.2) is 5.65 Å². The summed E-state index contributed by atoms with van der Waals surface area (Å²) in [5.41, 5.74) is 4.81. The van der Waals surface area contributed by atoms with Gasteiger partial charge in [0.05, 0.1) is 18.8 Å². The molecule has 5 rings (SSSR count). The van der Waals surface area contributed by atoms with E-state index in [1.807, 2.05) is 43.9 Å². The lowest BCUT2D eigenvalue weighted by molar-refractivity contribution is 0.0391. The molecule has 0 radical (unpaired) electrons. The lowest BCUT2D eigenvalue weighted by atomic mass is 10.1. The van der Waals surface area contributed by atoms with Gasteiger partial charge in [-0.3, -0.25) is 4.98 Å². The molecule has 1 fully saturated rings. The number of aryl methyl sites for hydroxylation is 3. The second kappa shape index (κ2) is 8.44. The fourth-order valence-corrected chi connectivity index (χ4v) is 4.06. The third-order valence-corrected chi connectivity index (χ3v) is 5.95. The van der Waals surface area contributed by atoms with Crippen LogP contribution in [0.4, 0.5) is 14.7 Å². The topological polar surface area (TPSA) is 64.0 Å². The lowest BCUT2D eigenvalue weighted by Crippen LogP contribution is -2.39. The molecule has 4 aromatic rings. The number of nitrogens with zero attached hydrogens (tertiary/aromatic N) is 5. The Kier molecular flexibility index (Phi) is 5.46. The highest BCUT2D eigenvalue weighted by atomic mass is 19.1. The SMILES string of the molecule is Cc1cc(C2CN(c3nc(-c4ccc(F)cc4F)c4cc(C)c(C)nc4n3)CCO2)ccn1. The van der Waals surface area contributed by atoms with Crippen LogP contribution in [0.15, 0.2) is 42.6 Å². The van der Waals surface area contributed by atoms with Crippen molar-refractivity contribution < 1.29 is 13.5 Å². The van der Waals surface area contributed by atoms with E-state index >= 15 is 0 Å². The number of hydrogen-bond acceptors (Lipinski definition) is 6. The van der Waals surface area contributed by atoms with Crippen molar-refractivity contribution in [1.82, 2.24) is 19.9 Å². The highest BCUT2D eigenvalue weighted by Gasteiger charge is 2.26.